The first-order valence-corrected chi connectivity index (χ1v) is 30.7. The lowest BCUT2D eigenvalue weighted by molar-refractivity contribution is -0.136. The highest BCUT2D eigenvalue weighted by molar-refractivity contribution is 7.51. The Balaban J connectivity index is 0.585. The number of fused-ring (bicyclic) bond motifs is 1. The van der Waals surface area contributed by atoms with E-state index in [0.717, 1.165) is 37.8 Å². The van der Waals surface area contributed by atoms with Crippen molar-refractivity contribution in [1.29, 1.82) is 0 Å². The average molecular weight is 1280 g/mol. The highest BCUT2D eigenvalue weighted by atomic mass is 35.5. The number of amides is 1. The molecule has 0 unspecified atom stereocenters. The number of carbonyl (C=O) groups is 2. The predicted molar refractivity (Wildman–Crippen MR) is 297 cm³/mol. The first kappa shape index (κ1) is 67.5. The van der Waals surface area contributed by atoms with Crippen LogP contribution in [0.1, 0.15) is 54.4 Å². The van der Waals surface area contributed by atoms with E-state index in [0.29, 0.717) is 154 Å². The van der Waals surface area contributed by atoms with Crippen LogP contribution in [0, 0.1) is 22.9 Å². The van der Waals surface area contributed by atoms with Crippen LogP contribution >= 0.6 is 19.2 Å². The fraction of sp³-hybridized carbons (Fsp3) is 0.660. The molecule has 1 spiro atoms. The van der Waals surface area contributed by atoms with E-state index >= 15 is 0 Å². The normalized spacial score (nSPS) is 18.6. The number of piperidine rings is 1. The van der Waals surface area contributed by atoms with Crippen LogP contribution < -0.4 is 9.64 Å². The Morgan fingerprint density at radius 1 is 0.724 bits per heavy atom. The Morgan fingerprint density at radius 3 is 1.95 bits per heavy atom. The number of nitrogens with zero attached hydrogens (tertiary/aromatic N) is 11. The van der Waals surface area contributed by atoms with Crippen molar-refractivity contribution in [2.24, 2.45) is 5.41 Å². The summed E-state index contributed by atoms with van der Waals surface area (Å²) in [7, 11) is -4.45. The first-order valence-electron chi connectivity index (χ1n) is 28.5. The van der Waals surface area contributed by atoms with Crippen LogP contribution in [0.2, 0.25) is 5.28 Å². The third kappa shape index (κ3) is 20.8. The number of esters is 1. The van der Waals surface area contributed by atoms with E-state index in [-0.39, 0.29) is 55.1 Å². The molecule has 4 aromatic heterocycles. The molecule has 0 aliphatic carbocycles. The molecule has 3 aliphatic heterocycles. The van der Waals surface area contributed by atoms with Crippen molar-refractivity contribution in [3.63, 3.8) is 0 Å². The molecule has 482 valence electrons. The lowest BCUT2D eigenvalue weighted by Gasteiger charge is -2.55. The number of unbranched alkanes of at least 4 members (excludes halogenated alkanes) is 1. The maximum atomic E-state index is 13.8. The monoisotopic (exact) mass is 1280 g/mol. The summed E-state index contributed by atoms with van der Waals surface area (Å²) in [5, 5.41) is 39.3. The summed E-state index contributed by atoms with van der Waals surface area (Å²) in [5.74, 6) is -5.17. The number of likely N-dealkylation sites (tertiary alicyclic amines) is 1. The van der Waals surface area contributed by atoms with E-state index in [1.807, 2.05) is 11.1 Å². The second kappa shape index (κ2) is 34.0. The lowest BCUT2D eigenvalue weighted by atomic mass is 9.73. The molecule has 1 aromatic carbocycles. The number of carbonyl (C=O) groups excluding carboxylic acids is 2. The maximum absolute atomic E-state index is 13.8. The van der Waals surface area contributed by atoms with Crippen LogP contribution in [-0.2, 0) is 76.2 Å². The molecule has 4 atom stereocenters. The van der Waals surface area contributed by atoms with E-state index in [1.165, 1.54) is 10.9 Å². The fourth-order valence-electron chi connectivity index (χ4n) is 9.89. The molecule has 1 amide bonds. The third-order valence-corrected chi connectivity index (χ3v) is 14.7. The number of anilines is 1. The van der Waals surface area contributed by atoms with Gasteiger partial charge in [-0.3, -0.25) is 18.8 Å². The van der Waals surface area contributed by atoms with Crippen LogP contribution in [0.15, 0.2) is 36.9 Å². The number of ether oxygens (including phenoxy) is 11. The second-order valence-corrected chi connectivity index (χ2v) is 22.7. The second-order valence-electron chi connectivity index (χ2n) is 20.8. The molecule has 87 heavy (non-hydrogen) atoms. The summed E-state index contributed by atoms with van der Waals surface area (Å²) in [5.41, 5.74) is 1.49. The number of benzene rings is 1. The molecule has 0 saturated carbocycles. The molecule has 0 bridgehead atoms. The average Bonchev–Trinajstić information content (AvgIpc) is 1.82. The van der Waals surface area contributed by atoms with Gasteiger partial charge in [0.1, 0.15) is 36.3 Å². The van der Waals surface area contributed by atoms with Crippen molar-refractivity contribution in [2.75, 3.05) is 150 Å². The van der Waals surface area contributed by atoms with Crippen molar-refractivity contribution in [3.05, 3.63) is 70.9 Å². The molecule has 3 aliphatic rings. The van der Waals surface area contributed by atoms with Gasteiger partial charge in [0.05, 0.1) is 154 Å². The minimum atomic E-state index is -4.45. The molecular formula is C53H74ClF3N11O18P. The van der Waals surface area contributed by atoms with Gasteiger partial charge in [-0.05, 0) is 43.7 Å². The predicted octanol–water partition coefficient (Wildman–Crippen LogP) is 2.35. The zero-order valence-corrected chi connectivity index (χ0v) is 49.5. The molecule has 5 aromatic rings. The van der Waals surface area contributed by atoms with Crippen LogP contribution in [0.3, 0.4) is 0 Å². The van der Waals surface area contributed by atoms with E-state index in [2.05, 4.69) is 40.1 Å². The molecular weight excluding hydrogens is 1200 g/mol. The number of hydrogen-bond donors (Lipinski definition) is 4. The molecule has 8 rings (SSSR count). The van der Waals surface area contributed by atoms with Crippen molar-refractivity contribution < 1.29 is 99.4 Å². The summed E-state index contributed by atoms with van der Waals surface area (Å²) < 4.78 is 115. The maximum Gasteiger partial charge on any atom is 0.350 e. The van der Waals surface area contributed by atoms with Gasteiger partial charge < -0.3 is 81.9 Å². The summed E-state index contributed by atoms with van der Waals surface area (Å²) in [6, 6.07) is 0.839. The number of aliphatic hydroxyl groups excluding tert-OH is 2. The number of aromatic nitrogens is 9. The van der Waals surface area contributed by atoms with Gasteiger partial charge in [-0.1, -0.05) is 5.21 Å². The third-order valence-electron chi connectivity index (χ3n) is 14.1. The molecule has 0 radical (unpaired) electrons. The molecule has 34 heteroatoms. The Hall–Kier alpha value is -5.39. The summed E-state index contributed by atoms with van der Waals surface area (Å²) in [6.07, 6.45) is 4.70. The Bertz CT molecular complexity index is 2970. The zero-order chi connectivity index (χ0) is 61.6. The number of rotatable bonds is 40. The number of aryl methyl sites for hydroxylation is 2. The number of hydrogen-bond acceptors (Lipinski definition) is 23. The summed E-state index contributed by atoms with van der Waals surface area (Å²) >= 11 is 6.42. The minimum absolute atomic E-state index is 0.0530. The fourth-order valence-corrected chi connectivity index (χ4v) is 10.4. The lowest BCUT2D eigenvalue weighted by Crippen LogP contribution is -2.64. The highest BCUT2D eigenvalue weighted by Crippen LogP contribution is 2.44. The van der Waals surface area contributed by atoms with Gasteiger partial charge in [0.15, 0.2) is 23.5 Å². The summed E-state index contributed by atoms with van der Waals surface area (Å²) in [4.78, 5) is 56.6. The Morgan fingerprint density at radius 2 is 1.33 bits per heavy atom. The van der Waals surface area contributed by atoms with Gasteiger partial charge in [0.25, 0.3) is 5.91 Å². The van der Waals surface area contributed by atoms with Gasteiger partial charge in [0.2, 0.25) is 11.0 Å². The van der Waals surface area contributed by atoms with Crippen molar-refractivity contribution in [2.45, 2.75) is 76.2 Å². The van der Waals surface area contributed by atoms with Crippen molar-refractivity contribution in [1.82, 2.24) is 49.4 Å². The van der Waals surface area contributed by atoms with E-state index in [1.54, 1.807) is 21.8 Å². The SMILES string of the molecule is O=C(CCOCCOCCOCCOCCOCCOCCOCCOCCn1cc(CCCCn2cc(C(=O)N3CCCC4(C3)CN(c3nc(Cl)nc5c3cnn5[C@@H]3O[C@H](COCP(=O)(O)O)[C@@H](O)[C@H]3O)C4)cn2)nn1)Oc1c(F)cc(F)cc1F. The molecule has 7 heterocycles. The molecule has 4 N–H and O–H groups in total. The molecule has 3 saturated heterocycles. The largest absolute Gasteiger partial charge is 0.420 e. The highest BCUT2D eigenvalue weighted by Gasteiger charge is 2.49. The molecule has 3 fully saturated rings. The topological polar surface area (TPSA) is 332 Å². The minimum Gasteiger partial charge on any atom is -0.420 e. The van der Waals surface area contributed by atoms with Gasteiger partial charge in [-0.15, -0.1) is 5.10 Å². The smallest absolute Gasteiger partial charge is 0.350 e. The number of aliphatic hydroxyl groups is 2. The van der Waals surface area contributed by atoms with Gasteiger partial charge in [0, 0.05) is 62.7 Å². The zero-order valence-electron chi connectivity index (χ0n) is 47.9. The first-order chi connectivity index (χ1) is 42.0. The Kier molecular flexibility index (Phi) is 26.4. The standard InChI is InChI=1S/C53H74ClF3N11O18P/c54-52-60-48(40-29-59-68(49(40)61-52)51-46(71)45(70)43(85-51)32-84-36-87(73,74)75)65-34-53(35-65)6-3-7-64(33-53)50(72)37-28-58-66(30-37)8-2-1-4-39-31-67(63-62-39)9-11-77-13-15-79-17-19-81-21-23-83-25-24-82-22-20-80-18-16-78-14-12-76-10-5-44(69)86-47-41(56)26-38(55)27-42(47)57/h26-31,43,45-46,51,70-71H,1-25,32-36H2,(H2,73,74,75)/t43-,45-,46-,51-/m1/s1. The Labute approximate surface area is 503 Å². The van der Waals surface area contributed by atoms with E-state index < -0.39 is 67.7 Å². The summed E-state index contributed by atoms with van der Waals surface area (Å²) in [6.45, 7) is 8.80. The quantitative estimate of drug-likeness (QED) is 0.0144. The van der Waals surface area contributed by atoms with Crippen LogP contribution in [-0.4, -0.2) is 244 Å². The van der Waals surface area contributed by atoms with Crippen molar-refractivity contribution in [3.8, 4) is 5.75 Å². The van der Waals surface area contributed by atoms with Crippen molar-refractivity contribution >= 4 is 47.9 Å². The van der Waals surface area contributed by atoms with Crippen LogP contribution in [0.4, 0.5) is 19.0 Å². The number of halogens is 4. The van der Waals surface area contributed by atoms with Gasteiger partial charge in [-0.25, -0.2) is 22.5 Å². The van der Waals surface area contributed by atoms with Gasteiger partial charge >= 0.3 is 13.6 Å². The van der Waals surface area contributed by atoms with Crippen LogP contribution in [0.25, 0.3) is 11.0 Å². The van der Waals surface area contributed by atoms with Crippen LogP contribution in [0.5, 0.6) is 5.75 Å². The van der Waals surface area contributed by atoms with Gasteiger partial charge in [-0.2, -0.15) is 20.2 Å². The van der Waals surface area contributed by atoms with E-state index in [9.17, 15) is 37.5 Å². The van der Waals surface area contributed by atoms with E-state index in [4.69, 9.17) is 68.8 Å². The molecule has 29 nitrogen and oxygen atoms in total.